The van der Waals surface area contributed by atoms with Crippen molar-refractivity contribution in [1.29, 1.82) is 0 Å². The first-order chi connectivity index (χ1) is 8.57. The molecule has 0 bridgehead atoms. The Labute approximate surface area is 109 Å². The van der Waals surface area contributed by atoms with Crippen molar-refractivity contribution < 1.29 is 13.2 Å². The molecule has 1 heterocycles. The molecule has 1 atom stereocenters. The van der Waals surface area contributed by atoms with Gasteiger partial charge in [0.25, 0.3) is 0 Å². The van der Waals surface area contributed by atoms with Gasteiger partial charge in [-0.2, -0.15) is 0 Å². The Hall–Kier alpha value is -0.580. The van der Waals surface area contributed by atoms with Gasteiger partial charge in [-0.25, -0.2) is 8.42 Å². The fourth-order valence-electron chi connectivity index (χ4n) is 3.39. The van der Waals surface area contributed by atoms with Gasteiger partial charge in [0.05, 0.1) is 17.4 Å². The van der Waals surface area contributed by atoms with E-state index in [1.54, 1.807) is 0 Å². The van der Waals surface area contributed by atoms with Crippen LogP contribution in [0.25, 0.3) is 0 Å². The van der Waals surface area contributed by atoms with E-state index >= 15 is 0 Å². The molecule has 1 aliphatic heterocycles. The number of carbonyl (C=O) groups is 1. The third-order valence-corrected chi connectivity index (χ3v) is 6.26. The van der Waals surface area contributed by atoms with Gasteiger partial charge < -0.3 is 4.90 Å². The second-order valence-electron chi connectivity index (χ2n) is 6.01. The van der Waals surface area contributed by atoms with Crippen molar-refractivity contribution in [2.45, 2.75) is 57.0 Å². The Kier molecular flexibility index (Phi) is 3.12. The molecule has 3 rings (SSSR count). The first-order valence-electron chi connectivity index (χ1n) is 7.09. The van der Waals surface area contributed by atoms with E-state index in [2.05, 4.69) is 4.90 Å². The SMILES string of the molecule is O=C(C1CCS(=O)(=O)C1)N(C1CCCC1)C1CC1. The molecule has 1 amide bonds. The highest BCUT2D eigenvalue weighted by atomic mass is 32.2. The van der Waals surface area contributed by atoms with Gasteiger partial charge in [-0.15, -0.1) is 0 Å². The van der Waals surface area contributed by atoms with Crippen LogP contribution in [0.15, 0.2) is 0 Å². The summed E-state index contributed by atoms with van der Waals surface area (Å²) >= 11 is 0. The third kappa shape index (κ3) is 2.42. The number of amides is 1. The normalized spacial score (nSPS) is 31.7. The minimum atomic E-state index is -2.95. The predicted octanol–water partition coefficient (Wildman–Crippen LogP) is 1.35. The summed E-state index contributed by atoms with van der Waals surface area (Å²) in [5, 5.41) is 0. The molecule has 0 radical (unpaired) electrons. The lowest BCUT2D eigenvalue weighted by Gasteiger charge is -2.31. The van der Waals surface area contributed by atoms with Gasteiger partial charge in [0.1, 0.15) is 0 Å². The molecule has 3 fully saturated rings. The Morgan fingerprint density at radius 3 is 2.06 bits per heavy atom. The fraction of sp³-hybridized carbons (Fsp3) is 0.923. The average Bonchev–Trinajstić information content (AvgIpc) is 2.86. The summed E-state index contributed by atoms with van der Waals surface area (Å²) in [6.07, 6.45) is 7.41. The highest BCUT2D eigenvalue weighted by molar-refractivity contribution is 7.91. The Morgan fingerprint density at radius 1 is 0.944 bits per heavy atom. The zero-order valence-electron chi connectivity index (χ0n) is 10.7. The molecule has 4 nitrogen and oxygen atoms in total. The van der Waals surface area contributed by atoms with E-state index in [1.165, 1.54) is 12.8 Å². The minimum absolute atomic E-state index is 0.0851. The zero-order chi connectivity index (χ0) is 12.8. The molecule has 1 unspecified atom stereocenters. The van der Waals surface area contributed by atoms with Crippen molar-refractivity contribution >= 4 is 15.7 Å². The lowest BCUT2D eigenvalue weighted by molar-refractivity contribution is -0.137. The summed E-state index contributed by atoms with van der Waals surface area (Å²) in [5.41, 5.74) is 0. The molecule has 102 valence electrons. The maximum atomic E-state index is 12.6. The summed E-state index contributed by atoms with van der Waals surface area (Å²) in [6, 6.07) is 0.817. The van der Waals surface area contributed by atoms with E-state index in [0.717, 1.165) is 25.7 Å². The van der Waals surface area contributed by atoms with Gasteiger partial charge in [-0.1, -0.05) is 12.8 Å². The number of rotatable bonds is 3. The largest absolute Gasteiger partial charge is 0.336 e. The van der Waals surface area contributed by atoms with Crippen LogP contribution in [0.2, 0.25) is 0 Å². The number of nitrogens with zero attached hydrogens (tertiary/aromatic N) is 1. The van der Waals surface area contributed by atoms with E-state index in [0.29, 0.717) is 18.5 Å². The second kappa shape index (κ2) is 4.51. The van der Waals surface area contributed by atoms with Gasteiger partial charge in [0.15, 0.2) is 9.84 Å². The van der Waals surface area contributed by atoms with E-state index < -0.39 is 9.84 Å². The van der Waals surface area contributed by atoms with Gasteiger partial charge in [-0.3, -0.25) is 4.79 Å². The molecular weight excluding hydrogens is 250 g/mol. The second-order valence-corrected chi connectivity index (χ2v) is 8.24. The Balaban J connectivity index is 1.72. The van der Waals surface area contributed by atoms with Crippen LogP contribution in [0.3, 0.4) is 0 Å². The monoisotopic (exact) mass is 271 g/mol. The van der Waals surface area contributed by atoms with Crippen LogP contribution in [-0.4, -0.2) is 42.8 Å². The fourth-order valence-corrected chi connectivity index (χ4v) is 5.13. The highest BCUT2D eigenvalue weighted by Gasteiger charge is 2.43. The van der Waals surface area contributed by atoms with Gasteiger partial charge in [0, 0.05) is 12.1 Å². The minimum Gasteiger partial charge on any atom is -0.336 e. The topological polar surface area (TPSA) is 54.5 Å². The van der Waals surface area contributed by atoms with Crippen molar-refractivity contribution in [3.05, 3.63) is 0 Å². The maximum Gasteiger partial charge on any atom is 0.227 e. The predicted molar refractivity (Wildman–Crippen MR) is 68.9 cm³/mol. The first kappa shape index (κ1) is 12.5. The summed E-state index contributed by atoms with van der Waals surface area (Å²) in [4.78, 5) is 14.6. The zero-order valence-corrected chi connectivity index (χ0v) is 11.5. The quantitative estimate of drug-likeness (QED) is 0.778. The third-order valence-electron chi connectivity index (χ3n) is 4.49. The lowest BCUT2D eigenvalue weighted by atomic mass is 10.1. The molecule has 2 aliphatic carbocycles. The maximum absolute atomic E-state index is 12.6. The van der Waals surface area contributed by atoms with E-state index in [-0.39, 0.29) is 23.3 Å². The molecular formula is C13H21NO3S. The molecule has 0 N–H and O–H groups in total. The highest BCUT2D eigenvalue weighted by Crippen LogP contribution is 2.36. The van der Waals surface area contributed by atoms with E-state index in [1.807, 2.05) is 0 Å². The van der Waals surface area contributed by atoms with Crippen LogP contribution in [0, 0.1) is 5.92 Å². The molecule has 0 aromatic rings. The summed E-state index contributed by atoms with van der Waals surface area (Å²) in [5.74, 6) is 0.163. The van der Waals surface area contributed by atoms with Crippen molar-refractivity contribution in [3.63, 3.8) is 0 Å². The molecule has 3 aliphatic rings. The smallest absolute Gasteiger partial charge is 0.227 e. The van der Waals surface area contributed by atoms with Crippen molar-refractivity contribution in [2.24, 2.45) is 5.92 Å². The van der Waals surface area contributed by atoms with Crippen LogP contribution in [0.4, 0.5) is 0 Å². The molecule has 1 saturated heterocycles. The van der Waals surface area contributed by atoms with Gasteiger partial charge in [-0.05, 0) is 32.1 Å². The van der Waals surface area contributed by atoms with E-state index in [9.17, 15) is 13.2 Å². The van der Waals surface area contributed by atoms with Crippen LogP contribution in [-0.2, 0) is 14.6 Å². The number of sulfone groups is 1. The standard InChI is InChI=1S/C13H21NO3S/c15-13(10-7-8-18(16,17)9-10)14(12-5-6-12)11-3-1-2-4-11/h10-12H,1-9H2. The molecule has 2 saturated carbocycles. The van der Waals surface area contributed by atoms with Gasteiger partial charge >= 0.3 is 0 Å². The molecule has 0 aromatic heterocycles. The molecule has 5 heteroatoms. The van der Waals surface area contributed by atoms with Gasteiger partial charge in [0.2, 0.25) is 5.91 Å². The summed E-state index contributed by atoms with van der Waals surface area (Å²) in [7, 11) is -2.95. The number of hydrogen-bond acceptors (Lipinski definition) is 3. The average molecular weight is 271 g/mol. The van der Waals surface area contributed by atoms with Crippen molar-refractivity contribution in [2.75, 3.05) is 11.5 Å². The van der Waals surface area contributed by atoms with Crippen LogP contribution in [0.5, 0.6) is 0 Å². The first-order valence-corrected chi connectivity index (χ1v) is 8.91. The van der Waals surface area contributed by atoms with Crippen LogP contribution < -0.4 is 0 Å². The molecule has 0 aromatic carbocycles. The Bertz CT molecular complexity index is 435. The Morgan fingerprint density at radius 2 is 1.56 bits per heavy atom. The lowest BCUT2D eigenvalue weighted by Crippen LogP contribution is -2.44. The summed E-state index contributed by atoms with van der Waals surface area (Å²) < 4.78 is 23.0. The molecule has 0 spiro atoms. The number of carbonyl (C=O) groups excluding carboxylic acids is 1. The molecule has 18 heavy (non-hydrogen) atoms. The van der Waals surface area contributed by atoms with Crippen LogP contribution in [0.1, 0.15) is 44.9 Å². The van der Waals surface area contributed by atoms with Crippen molar-refractivity contribution in [1.82, 2.24) is 4.90 Å². The van der Waals surface area contributed by atoms with Crippen molar-refractivity contribution in [3.8, 4) is 0 Å². The number of hydrogen-bond donors (Lipinski definition) is 0. The van der Waals surface area contributed by atoms with E-state index in [4.69, 9.17) is 0 Å². The summed E-state index contributed by atoms with van der Waals surface area (Å²) in [6.45, 7) is 0. The van der Waals surface area contributed by atoms with Crippen LogP contribution >= 0.6 is 0 Å².